The first-order valence-corrected chi connectivity index (χ1v) is 5.54. The van der Waals surface area contributed by atoms with Crippen LogP contribution in [0.4, 0.5) is 0 Å². The molecule has 0 aromatic rings. The summed E-state index contributed by atoms with van der Waals surface area (Å²) < 4.78 is 11.2. The highest BCUT2D eigenvalue weighted by Crippen LogP contribution is 2.11. The van der Waals surface area contributed by atoms with Crippen molar-refractivity contribution in [2.75, 3.05) is 26.3 Å². The van der Waals surface area contributed by atoms with Crippen molar-refractivity contribution >= 4 is 0 Å². The molecule has 82 valence electrons. The van der Waals surface area contributed by atoms with Crippen LogP contribution in [0.1, 0.15) is 19.8 Å². The van der Waals surface area contributed by atoms with E-state index in [1.165, 1.54) is 12.8 Å². The smallest absolute Gasteiger partial charge is 0.131 e. The Labute approximate surface area is 85.3 Å². The van der Waals surface area contributed by atoms with Gasteiger partial charge in [-0.3, -0.25) is 5.32 Å². The Morgan fingerprint density at radius 2 is 2.29 bits per heavy atom. The molecular weight excluding hydrogens is 180 g/mol. The minimum absolute atomic E-state index is 0.120. The maximum Gasteiger partial charge on any atom is 0.131 e. The lowest BCUT2D eigenvalue weighted by molar-refractivity contribution is -0.0360. The first-order valence-electron chi connectivity index (χ1n) is 5.54. The van der Waals surface area contributed by atoms with Crippen LogP contribution in [0.25, 0.3) is 0 Å². The second-order valence-corrected chi connectivity index (χ2v) is 4.16. The van der Waals surface area contributed by atoms with Crippen LogP contribution in [0, 0.1) is 0 Å². The van der Waals surface area contributed by atoms with Crippen molar-refractivity contribution in [3.8, 4) is 0 Å². The van der Waals surface area contributed by atoms with Crippen LogP contribution in [0.2, 0.25) is 0 Å². The standard InChI is InChI=1S/C10H20N2O2/c1-8-2-3-9(6-12-8)14-7-10-11-4-5-13-10/h8-12H,2-7H2,1H3. The molecule has 2 fully saturated rings. The second kappa shape index (κ2) is 5.07. The summed E-state index contributed by atoms with van der Waals surface area (Å²) in [7, 11) is 0. The molecule has 3 atom stereocenters. The fourth-order valence-corrected chi connectivity index (χ4v) is 1.93. The van der Waals surface area contributed by atoms with Gasteiger partial charge in [0.15, 0.2) is 0 Å². The van der Waals surface area contributed by atoms with Crippen molar-refractivity contribution in [3.63, 3.8) is 0 Å². The molecule has 0 radical (unpaired) electrons. The maximum absolute atomic E-state index is 5.77. The van der Waals surface area contributed by atoms with E-state index in [9.17, 15) is 0 Å². The van der Waals surface area contributed by atoms with Crippen LogP contribution in [0.3, 0.4) is 0 Å². The highest BCUT2D eigenvalue weighted by Gasteiger charge is 2.20. The van der Waals surface area contributed by atoms with Crippen LogP contribution in [0.15, 0.2) is 0 Å². The fourth-order valence-electron chi connectivity index (χ4n) is 1.93. The molecule has 0 aliphatic carbocycles. The molecule has 0 bridgehead atoms. The summed E-state index contributed by atoms with van der Waals surface area (Å²) in [5.74, 6) is 0. The van der Waals surface area contributed by atoms with Gasteiger partial charge in [-0.2, -0.15) is 0 Å². The van der Waals surface area contributed by atoms with Crippen LogP contribution in [-0.2, 0) is 9.47 Å². The van der Waals surface area contributed by atoms with Gasteiger partial charge in [-0.25, -0.2) is 0 Å². The van der Waals surface area contributed by atoms with Crippen molar-refractivity contribution in [1.29, 1.82) is 0 Å². The Bertz CT molecular complexity index is 164. The van der Waals surface area contributed by atoms with Crippen molar-refractivity contribution < 1.29 is 9.47 Å². The largest absolute Gasteiger partial charge is 0.373 e. The van der Waals surface area contributed by atoms with E-state index in [0.29, 0.717) is 18.8 Å². The Balaban J connectivity index is 1.60. The molecule has 0 saturated carbocycles. The summed E-state index contributed by atoms with van der Waals surface area (Å²) in [6.07, 6.45) is 2.87. The van der Waals surface area contributed by atoms with E-state index in [2.05, 4.69) is 17.6 Å². The number of nitrogens with one attached hydrogen (secondary N) is 2. The van der Waals surface area contributed by atoms with E-state index < -0.39 is 0 Å². The van der Waals surface area contributed by atoms with Gasteiger partial charge in [-0.1, -0.05) is 0 Å². The van der Waals surface area contributed by atoms with E-state index in [0.717, 1.165) is 19.7 Å². The predicted octanol–water partition coefficient (Wildman–Crippen LogP) is 0.0894. The number of piperidine rings is 1. The zero-order valence-corrected chi connectivity index (χ0v) is 8.79. The second-order valence-electron chi connectivity index (χ2n) is 4.16. The summed E-state index contributed by atoms with van der Waals surface area (Å²) in [6.45, 7) is 5.65. The van der Waals surface area contributed by atoms with Gasteiger partial charge in [0, 0.05) is 19.1 Å². The van der Waals surface area contributed by atoms with Gasteiger partial charge in [-0.15, -0.1) is 0 Å². The SMILES string of the molecule is CC1CCC(OCC2NCCO2)CN1. The van der Waals surface area contributed by atoms with E-state index in [1.807, 2.05) is 0 Å². The molecule has 3 unspecified atom stereocenters. The lowest BCUT2D eigenvalue weighted by atomic mass is 10.0. The maximum atomic E-state index is 5.77. The van der Waals surface area contributed by atoms with Crippen molar-refractivity contribution in [2.24, 2.45) is 0 Å². The predicted molar refractivity (Wildman–Crippen MR) is 54.2 cm³/mol. The monoisotopic (exact) mass is 200 g/mol. The average Bonchev–Trinajstić information content (AvgIpc) is 2.70. The van der Waals surface area contributed by atoms with Crippen molar-refractivity contribution in [1.82, 2.24) is 10.6 Å². The summed E-state index contributed by atoms with van der Waals surface area (Å²) in [5.41, 5.74) is 0. The molecule has 4 heteroatoms. The Hall–Kier alpha value is -0.160. The van der Waals surface area contributed by atoms with Gasteiger partial charge in [-0.05, 0) is 19.8 Å². The fraction of sp³-hybridized carbons (Fsp3) is 1.00. The first kappa shape index (κ1) is 10.4. The molecule has 2 N–H and O–H groups in total. The zero-order chi connectivity index (χ0) is 9.80. The minimum Gasteiger partial charge on any atom is -0.373 e. The molecular formula is C10H20N2O2. The molecule has 2 rings (SSSR count). The summed E-state index contributed by atoms with van der Waals surface area (Å²) in [6, 6.07) is 0.649. The highest BCUT2D eigenvalue weighted by atomic mass is 16.6. The number of ether oxygens (including phenoxy) is 2. The van der Waals surface area contributed by atoms with Crippen LogP contribution < -0.4 is 10.6 Å². The summed E-state index contributed by atoms with van der Waals surface area (Å²) in [4.78, 5) is 0. The Morgan fingerprint density at radius 3 is 2.93 bits per heavy atom. The third-order valence-corrected chi connectivity index (χ3v) is 2.89. The normalized spacial score (nSPS) is 38.8. The number of rotatable bonds is 3. The lowest BCUT2D eigenvalue weighted by Gasteiger charge is -2.28. The van der Waals surface area contributed by atoms with Crippen molar-refractivity contribution in [3.05, 3.63) is 0 Å². The molecule has 0 amide bonds. The van der Waals surface area contributed by atoms with Gasteiger partial charge < -0.3 is 14.8 Å². The number of hydrogen-bond acceptors (Lipinski definition) is 4. The molecule has 0 aromatic carbocycles. The van der Waals surface area contributed by atoms with Crippen LogP contribution in [0.5, 0.6) is 0 Å². The third kappa shape index (κ3) is 2.92. The van der Waals surface area contributed by atoms with Gasteiger partial charge in [0.1, 0.15) is 6.23 Å². The topological polar surface area (TPSA) is 42.5 Å². The number of hydrogen-bond donors (Lipinski definition) is 2. The molecule has 2 heterocycles. The van der Waals surface area contributed by atoms with Crippen molar-refractivity contribution in [2.45, 2.75) is 38.1 Å². The van der Waals surface area contributed by atoms with Crippen LogP contribution in [-0.4, -0.2) is 44.7 Å². The van der Waals surface area contributed by atoms with E-state index >= 15 is 0 Å². The van der Waals surface area contributed by atoms with Gasteiger partial charge in [0.25, 0.3) is 0 Å². The third-order valence-electron chi connectivity index (χ3n) is 2.89. The zero-order valence-electron chi connectivity index (χ0n) is 8.79. The Kier molecular flexibility index (Phi) is 3.75. The van der Waals surface area contributed by atoms with Gasteiger partial charge in [0.05, 0.1) is 19.3 Å². The molecule has 0 aromatic heterocycles. The summed E-state index contributed by atoms with van der Waals surface area (Å²) in [5, 5.41) is 6.66. The van der Waals surface area contributed by atoms with E-state index in [-0.39, 0.29) is 6.23 Å². The first-order chi connectivity index (χ1) is 6.84. The average molecular weight is 200 g/mol. The van der Waals surface area contributed by atoms with E-state index in [4.69, 9.17) is 9.47 Å². The minimum atomic E-state index is 0.120. The molecule has 0 spiro atoms. The summed E-state index contributed by atoms with van der Waals surface area (Å²) >= 11 is 0. The molecule has 4 nitrogen and oxygen atoms in total. The lowest BCUT2D eigenvalue weighted by Crippen LogP contribution is -2.42. The molecule has 2 saturated heterocycles. The molecule has 2 aliphatic heterocycles. The van der Waals surface area contributed by atoms with E-state index in [1.54, 1.807) is 0 Å². The van der Waals surface area contributed by atoms with Gasteiger partial charge in [0.2, 0.25) is 0 Å². The highest BCUT2D eigenvalue weighted by molar-refractivity contribution is 4.75. The van der Waals surface area contributed by atoms with Crippen LogP contribution >= 0.6 is 0 Å². The van der Waals surface area contributed by atoms with Gasteiger partial charge >= 0.3 is 0 Å². The Morgan fingerprint density at radius 1 is 1.36 bits per heavy atom. The molecule has 2 aliphatic rings. The molecule has 14 heavy (non-hydrogen) atoms. The quantitative estimate of drug-likeness (QED) is 0.677.